The number of aliphatic hydroxyl groups is 2. The molecular weight excluding hydrogens is 553 g/mol. The Labute approximate surface area is 220 Å². The van der Waals surface area contributed by atoms with E-state index in [1.54, 1.807) is 6.92 Å². The maximum absolute atomic E-state index is 12.8. The van der Waals surface area contributed by atoms with Crippen molar-refractivity contribution >= 4 is 47.4 Å². The number of ether oxygens (including phenoxy) is 2. The molecule has 0 amide bonds. The number of anilines is 2. The van der Waals surface area contributed by atoms with Gasteiger partial charge in [0.1, 0.15) is 24.1 Å². The zero-order valence-corrected chi connectivity index (χ0v) is 23.1. The van der Waals surface area contributed by atoms with E-state index in [2.05, 4.69) is 38.8 Å². The molecule has 0 spiro atoms. The molecule has 2 fully saturated rings. The van der Waals surface area contributed by atoms with Gasteiger partial charge >= 0.3 is 7.60 Å². The summed E-state index contributed by atoms with van der Waals surface area (Å²) in [6, 6.07) is 0.168. The van der Waals surface area contributed by atoms with E-state index in [0.29, 0.717) is 17.3 Å². The van der Waals surface area contributed by atoms with Gasteiger partial charge in [-0.2, -0.15) is 10.1 Å². The lowest BCUT2D eigenvalue weighted by atomic mass is 10.1. The Balaban J connectivity index is 1.87. The molecule has 3 rings (SSSR count). The Kier molecular flexibility index (Phi) is 9.58. The van der Waals surface area contributed by atoms with E-state index in [9.17, 15) is 33.0 Å². The first kappa shape index (κ1) is 30.1. The number of halogens is 1. The fraction of sp³-hybridized carbons (Fsp3) is 0.750. The number of nitrogens with zero attached hydrogens (tertiary/aromatic N) is 4. The van der Waals surface area contributed by atoms with Gasteiger partial charge in [0, 0.05) is 25.4 Å². The van der Waals surface area contributed by atoms with E-state index in [0.717, 1.165) is 31.4 Å². The maximum Gasteiger partial charge on any atom is 0.345 e. The minimum absolute atomic E-state index is 0.107. The van der Waals surface area contributed by atoms with E-state index >= 15 is 0 Å². The summed E-state index contributed by atoms with van der Waals surface area (Å²) >= 11 is 6.17. The lowest BCUT2D eigenvalue weighted by molar-refractivity contribution is 0.0152. The first-order valence-corrected chi connectivity index (χ1v) is 15.3. The minimum Gasteiger partial charge on any atom is -0.387 e. The molecule has 0 aromatic carbocycles. The fourth-order valence-corrected chi connectivity index (χ4v) is 8.35. The summed E-state index contributed by atoms with van der Waals surface area (Å²) in [7, 11) is -8.57. The molecule has 1 aliphatic heterocycles. The predicted octanol–water partition coefficient (Wildman–Crippen LogP) is 0.473. The van der Waals surface area contributed by atoms with Gasteiger partial charge in [0.15, 0.2) is 26.9 Å². The smallest absolute Gasteiger partial charge is 0.345 e. The van der Waals surface area contributed by atoms with E-state index in [1.807, 2.05) is 0 Å². The number of rotatable bonds is 11. The summed E-state index contributed by atoms with van der Waals surface area (Å²) in [5.74, 6) is -0.0333. The molecule has 17 heteroatoms. The van der Waals surface area contributed by atoms with Gasteiger partial charge in [0.25, 0.3) is 0 Å². The second-order valence-electron chi connectivity index (χ2n) is 9.31. The van der Waals surface area contributed by atoms with Crippen molar-refractivity contribution in [3.8, 4) is 0 Å². The van der Waals surface area contributed by atoms with Gasteiger partial charge in [-0.15, -0.1) is 0 Å². The van der Waals surface area contributed by atoms with Crippen molar-refractivity contribution in [2.45, 2.75) is 68.7 Å². The molecule has 1 aromatic rings. The predicted molar refractivity (Wildman–Crippen MR) is 136 cm³/mol. The SMILES string of the molecule is C=NN(c1nc(Cl)nc(NC2CCCC2C)c1C)[C@@H]1O[C@H](CS(=O)(=O)C(COC)P(=O)(O)O)[C@@H](O)[C@H]1O. The average Bonchev–Trinajstić information content (AvgIpc) is 3.32. The molecule has 0 radical (unpaired) electrons. The maximum atomic E-state index is 12.8. The number of aliphatic hydroxyl groups excluding tert-OH is 2. The number of nitrogens with one attached hydrogen (secondary N) is 1. The molecule has 37 heavy (non-hydrogen) atoms. The van der Waals surface area contributed by atoms with Crippen molar-refractivity contribution in [3.05, 3.63) is 10.8 Å². The average molecular weight is 586 g/mol. The van der Waals surface area contributed by atoms with Gasteiger partial charge in [0.05, 0.1) is 12.4 Å². The van der Waals surface area contributed by atoms with Gasteiger partial charge in [-0.05, 0) is 37.3 Å². The summed E-state index contributed by atoms with van der Waals surface area (Å²) < 4.78 is 47.6. The first-order chi connectivity index (χ1) is 17.2. The monoisotopic (exact) mass is 585 g/mol. The van der Waals surface area contributed by atoms with Crippen molar-refractivity contribution in [3.63, 3.8) is 0 Å². The Bertz CT molecular complexity index is 1140. The third kappa shape index (κ3) is 6.60. The van der Waals surface area contributed by atoms with E-state index < -0.39 is 59.3 Å². The molecule has 2 aliphatic rings. The van der Waals surface area contributed by atoms with Crippen LogP contribution in [-0.4, -0.2) is 100 Å². The van der Waals surface area contributed by atoms with Gasteiger partial charge in [-0.1, -0.05) is 13.3 Å². The normalized spacial score (nSPS) is 29.3. The van der Waals surface area contributed by atoms with Gasteiger partial charge < -0.3 is 34.8 Å². The summed E-state index contributed by atoms with van der Waals surface area (Å²) in [6.45, 7) is 6.54. The summed E-state index contributed by atoms with van der Waals surface area (Å²) in [6.07, 6.45) is -3.31. The Morgan fingerprint density at radius 1 is 1.32 bits per heavy atom. The summed E-state index contributed by atoms with van der Waals surface area (Å²) in [4.78, 5) is 25.3. The lowest BCUT2D eigenvalue weighted by Crippen LogP contribution is -2.42. The van der Waals surface area contributed by atoms with Crippen LogP contribution in [0.5, 0.6) is 0 Å². The topological polar surface area (TPSA) is 204 Å². The van der Waals surface area contributed by atoms with Gasteiger partial charge in [0.2, 0.25) is 5.28 Å². The zero-order valence-electron chi connectivity index (χ0n) is 20.6. The zero-order chi connectivity index (χ0) is 27.7. The van der Waals surface area contributed by atoms with Crippen molar-refractivity contribution in [1.82, 2.24) is 9.97 Å². The fourth-order valence-electron chi connectivity index (χ4n) is 4.61. The van der Waals surface area contributed by atoms with Crippen LogP contribution in [0.25, 0.3) is 0 Å². The minimum atomic E-state index is -5.12. The molecule has 1 saturated carbocycles. The number of methoxy groups -OCH3 is 1. The van der Waals surface area contributed by atoms with Crippen molar-refractivity contribution in [1.29, 1.82) is 0 Å². The van der Waals surface area contributed by atoms with Crippen LogP contribution in [0.1, 0.15) is 31.7 Å². The van der Waals surface area contributed by atoms with E-state index in [-0.39, 0.29) is 17.1 Å². The third-order valence-corrected chi connectivity index (χ3v) is 11.3. The Hall–Kier alpha value is -1.42. The molecule has 7 atom stereocenters. The van der Waals surface area contributed by atoms with Crippen LogP contribution in [0.4, 0.5) is 11.6 Å². The molecule has 1 saturated heterocycles. The van der Waals surface area contributed by atoms with Crippen LogP contribution in [0.3, 0.4) is 0 Å². The van der Waals surface area contributed by atoms with Crippen LogP contribution in [0.15, 0.2) is 5.10 Å². The highest BCUT2D eigenvalue weighted by atomic mass is 35.5. The standard InChI is InChI=1S/C20H33ClN5O9PS/c1-10-6-5-7-12(10)23-17-11(2)18(25-20(21)24-17)26(22-3)19-16(28)15(27)13(35-19)9-37(32,33)14(8-34-4)36(29,30)31/h10,12-16,19,27-28H,3,5-9H2,1-2,4H3,(H,23,24,25)(H2,29,30,31)/t10?,12?,13-,14?,15-,16-,19-/m1/s1. The van der Waals surface area contributed by atoms with Crippen molar-refractivity contribution < 1.29 is 42.5 Å². The highest BCUT2D eigenvalue weighted by Gasteiger charge is 2.51. The van der Waals surface area contributed by atoms with Crippen LogP contribution < -0.4 is 10.3 Å². The second-order valence-corrected chi connectivity index (χ2v) is 14.0. The highest BCUT2D eigenvalue weighted by molar-refractivity contribution is 7.98. The van der Waals surface area contributed by atoms with Crippen LogP contribution in [-0.2, 0) is 23.9 Å². The molecule has 3 unspecified atom stereocenters. The largest absolute Gasteiger partial charge is 0.387 e. The molecule has 1 aromatic heterocycles. The van der Waals surface area contributed by atoms with Gasteiger partial charge in [-0.3, -0.25) is 4.57 Å². The van der Waals surface area contributed by atoms with Gasteiger partial charge in [-0.25, -0.2) is 18.4 Å². The molecule has 0 bridgehead atoms. The van der Waals surface area contributed by atoms with E-state index in [1.165, 1.54) is 0 Å². The molecule has 5 N–H and O–H groups in total. The Morgan fingerprint density at radius 3 is 2.54 bits per heavy atom. The van der Waals surface area contributed by atoms with Crippen molar-refractivity contribution in [2.24, 2.45) is 11.0 Å². The number of sulfone groups is 1. The number of aromatic nitrogens is 2. The van der Waals surface area contributed by atoms with Crippen LogP contribution >= 0.6 is 19.2 Å². The quantitative estimate of drug-likeness (QED) is 0.104. The van der Waals surface area contributed by atoms with Crippen molar-refractivity contribution in [2.75, 3.05) is 29.8 Å². The molecule has 1 aliphatic carbocycles. The Morgan fingerprint density at radius 2 is 2.00 bits per heavy atom. The molecule has 210 valence electrons. The molecule has 2 heterocycles. The van der Waals surface area contributed by atoms with E-state index in [4.69, 9.17) is 16.3 Å². The molecule has 14 nitrogen and oxygen atoms in total. The number of hydrogen-bond donors (Lipinski definition) is 5. The van der Waals surface area contributed by atoms with Crippen LogP contribution in [0, 0.1) is 12.8 Å². The van der Waals surface area contributed by atoms with Crippen LogP contribution in [0.2, 0.25) is 5.28 Å². The third-order valence-electron chi connectivity index (χ3n) is 6.72. The molecular formula is C20H33ClN5O9PS. The number of hydrogen-bond acceptors (Lipinski definition) is 12. The number of hydrazone groups is 1. The lowest BCUT2D eigenvalue weighted by Gasteiger charge is -2.28. The highest BCUT2D eigenvalue weighted by Crippen LogP contribution is 2.45. The first-order valence-electron chi connectivity index (χ1n) is 11.5. The second kappa shape index (κ2) is 11.8. The summed E-state index contributed by atoms with van der Waals surface area (Å²) in [5, 5.41) is 29.4. The summed E-state index contributed by atoms with van der Waals surface area (Å²) in [5.41, 5.74) is 0.499.